The first-order chi connectivity index (χ1) is 12.6. The fraction of sp³-hybridized carbons (Fsp3) is 0.278. The molecule has 1 amide bonds. The van der Waals surface area contributed by atoms with Crippen LogP contribution in [-0.2, 0) is 6.54 Å². The number of aromatic nitrogens is 4. The highest BCUT2D eigenvalue weighted by atomic mass is 16.5. The van der Waals surface area contributed by atoms with Crippen molar-refractivity contribution in [3.63, 3.8) is 0 Å². The number of amides is 1. The topological polar surface area (TPSA) is 103 Å². The zero-order valence-electron chi connectivity index (χ0n) is 14.5. The average molecular weight is 353 g/mol. The van der Waals surface area contributed by atoms with Gasteiger partial charge >= 0.3 is 11.8 Å². The van der Waals surface area contributed by atoms with Crippen molar-refractivity contribution in [2.45, 2.75) is 32.9 Å². The standard InChI is InChI=1S/C18H19N5O3/c1-3-12(2)19-17(25)18-20-15(22-26-18)11-23-16(24)10-9-14(21-23)13-7-5-4-6-8-13/h4-10,12H,3,11H2,1-2H3,(H,19,25). The Morgan fingerprint density at radius 2 is 2.00 bits per heavy atom. The van der Waals surface area contributed by atoms with Crippen LogP contribution >= 0.6 is 0 Å². The molecule has 3 aromatic rings. The Morgan fingerprint density at radius 3 is 2.73 bits per heavy atom. The number of nitrogens with one attached hydrogen (secondary N) is 1. The minimum Gasteiger partial charge on any atom is -0.345 e. The van der Waals surface area contributed by atoms with Crippen LogP contribution in [0.4, 0.5) is 0 Å². The summed E-state index contributed by atoms with van der Waals surface area (Å²) < 4.78 is 6.22. The van der Waals surface area contributed by atoms with Gasteiger partial charge in [0.15, 0.2) is 5.82 Å². The van der Waals surface area contributed by atoms with Crippen LogP contribution in [0.5, 0.6) is 0 Å². The fourth-order valence-electron chi connectivity index (χ4n) is 2.26. The predicted molar refractivity (Wildman–Crippen MR) is 94.6 cm³/mol. The zero-order chi connectivity index (χ0) is 18.5. The molecule has 1 N–H and O–H groups in total. The van der Waals surface area contributed by atoms with Crippen molar-refractivity contribution >= 4 is 5.91 Å². The van der Waals surface area contributed by atoms with Gasteiger partial charge in [0, 0.05) is 17.7 Å². The lowest BCUT2D eigenvalue weighted by atomic mass is 10.1. The van der Waals surface area contributed by atoms with E-state index in [2.05, 4.69) is 20.6 Å². The molecule has 2 aromatic heterocycles. The van der Waals surface area contributed by atoms with Gasteiger partial charge in [-0.1, -0.05) is 42.4 Å². The Hall–Kier alpha value is -3.29. The SMILES string of the molecule is CCC(C)NC(=O)c1nc(Cn2nc(-c3ccccc3)ccc2=O)no1. The molecule has 1 atom stereocenters. The molecule has 1 aromatic carbocycles. The third-order valence-electron chi connectivity index (χ3n) is 3.88. The highest BCUT2D eigenvalue weighted by Gasteiger charge is 2.17. The molecule has 3 rings (SSSR count). The molecule has 0 aliphatic heterocycles. The lowest BCUT2D eigenvalue weighted by Gasteiger charge is -2.07. The van der Waals surface area contributed by atoms with Gasteiger partial charge in [-0.25, -0.2) is 4.68 Å². The molecule has 0 bridgehead atoms. The molecule has 0 spiro atoms. The first-order valence-corrected chi connectivity index (χ1v) is 8.34. The van der Waals surface area contributed by atoms with Gasteiger partial charge in [0.2, 0.25) is 0 Å². The largest absolute Gasteiger partial charge is 0.345 e. The van der Waals surface area contributed by atoms with Crippen LogP contribution < -0.4 is 10.9 Å². The van der Waals surface area contributed by atoms with E-state index in [0.29, 0.717) is 5.69 Å². The summed E-state index contributed by atoms with van der Waals surface area (Å²) >= 11 is 0. The maximum absolute atomic E-state index is 12.1. The van der Waals surface area contributed by atoms with Gasteiger partial charge in [0.05, 0.1) is 5.69 Å². The minimum absolute atomic E-state index is 0.00434. The number of rotatable bonds is 6. The smallest absolute Gasteiger partial charge is 0.316 e. The second-order valence-electron chi connectivity index (χ2n) is 5.88. The molecule has 0 aliphatic carbocycles. The van der Waals surface area contributed by atoms with Crippen molar-refractivity contribution in [1.82, 2.24) is 25.2 Å². The monoisotopic (exact) mass is 353 g/mol. The van der Waals surface area contributed by atoms with E-state index in [1.165, 1.54) is 10.7 Å². The number of hydrogen-bond acceptors (Lipinski definition) is 6. The summed E-state index contributed by atoms with van der Waals surface area (Å²) in [5, 5.41) is 10.8. The van der Waals surface area contributed by atoms with Gasteiger partial charge in [-0.2, -0.15) is 10.1 Å². The number of hydrogen-bond donors (Lipinski definition) is 1. The van der Waals surface area contributed by atoms with E-state index < -0.39 is 5.91 Å². The summed E-state index contributed by atoms with van der Waals surface area (Å²) in [7, 11) is 0. The first-order valence-electron chi connectivity index (χ1n) is 8.34. The Kier molecular flexibility index (Phi) is 5.21. The van der Waals surface area contributed by atoms with E-state index in [-0.39, 0.29) is 29.9 Å². The average Bonchev–Trinajstić information content (AvgIpc) is 3.13. The molecule has 1 unspecified atom stereocenters. The van der Waals surface area contributed by atoms with Crippen LogP contribution in [0.1, 0.15) is 36.8 Å². The van der Waals surface area contributed by atoms with E-state index in [9.17, 15) is 9.59 Å². The third-order valence-corrected chi connectivity index (χ3v) is 3.88. The third kappa shape index (κ3) is 4.02. The van der Waals surface area contributed by atoms with Crippen molar-refractivity contribution in [3.05, 3.63) is 64.5 Å². The second kappa shape index (κ2) is 7.73. The van der Waals surface area contributed by atoms with Crippen LogP contribution in [0.15, 0.2) is 51.8 Å². The van der Waals surface area contributed by atoms with E-state index in [0.717, 1.165) is 12.0 Å². The lowest BCUT2D eigenvalue weighted by Crippen LogP contribution is -2.32. The Bertz CT molecular complexity index is 949. The van der Waals surface area contributed by atoms with Gasteiger partial charge < -0.3 is 9.84 Å². The minimum atomic E-state index is -0.434. The summed E-state index contributed by atoms with van der Waals surface area (Å²) in [4.78, 5) is 28.1. The van der Waals surface area contributed by atoms with Gasteiger partial charge in [-0.15, -0.1) is 0 Å². The molecular weight excluding hydrogens is 334 g/mol. The number of benzene rings is 1. The molecule has 0 radical (unpaired) electrons. The molecule has 8 heteroatoms. The lowest BCUT2D eigenvalue weighted by molar-refractivity contribution is 0.0895. The van der Waals surface area contributed by atoms with E-state index in [1.54, 1.807) is 6.07 Å². The van der Waals surface area contributed by atoms with E-state index >= 15 is 0 Å². The predicted octanol–water partition coefficient (Wildman–Crippen LogP) is 1.87. The summed E-state index contributed by atoms with van der Waals surface area (Å²) in [6.07, 6.45) is 0.790. The van der Waals surface area contributed by atoms with Gasteiger partial charge in [-0.3, -0.25) is 9.59 Å². The summed E-state index contributed by atoms with van der Waals surface area (Å²) in [5.41, 5.74) is 1.26. The molecule has 0 aliphatic rings. The van der Waals surface area contributed by atoms with Crippen molar-refractivity contribution in [2.75, 3.05) is 0 Å². The Balaban J connectivity index is 1.79. The van der Waals surface area contributed by atoms with Gasteiger partial charge in [0.1, 0.15) is 6.54 Å². The van der Waals surface area contributed by atoms with Crippen molar-refractivity contribution in [2.24, 2.45) is 0 Å². The summed E-state index contributed by atoms with van der Waals surface area (Å²) in [5.74, 6) is -0.358. The van der Waals surface area contributed by atoms with Crippen LogP contribution in [-0.4, -0.2) is 31.9 Å². The van der Waals surface area contributed by atoms with E-state index in [1.807, 2.05) is 44.2 Å². The molecule has 26 heavy (non-hydrogen) atoms. The molecular formula is C18H19N5O3. The van der Waals surface area contributed by atoms with Crippen molar-refractivity contribution in [1.29, 1.82) is 0 Å². The van der Waals surface area contributed by atoms with Crippen LogP contribution in [0.3, 0.4) is 0 Å². The molecule has 0 saturated carbocycles. The van der Waals surface area contributed by atoms with Crippen molar-refractivity contribution < 1.29 is 9.32 Å². The maximum Gasteiger partial charge on any atom is 0.316 e. The van der Waals surface area contributed by atoms with E-state index in [4.69, 9.17) is 4.52 Å². The number of carbonyl (C=O) groups excluding carboxylic acids is 1. The number of carbonyl (C=O) groups is 1. The zero-order valence-corrected chi connectivity index (χ0v) is 14.5. The van der Waals surface area contributed by atoms with Crippen molar-refractivity contribution in [3.8, 4) is 11.3 Å². The van der Waals surface area contributed by atoms with Gasteiger partial charge in [-0.05, 0) is 19.4 Å². The molecule has 134 valence electrons. The summed E-state index contributed by atoms with van der Waals surface area (Å²) in [6.45, 7) is 3.86. The molecule has 8 nitrogen and oxygen atoms in total. The fourth-order valence-corrected chi connectivity index (χ4v) is 2.26. The first kappa shape index (κ1) is 17.5. The quantitative estimate of drug-likeness (QED) is 0.726. The Labute approximate surface area is 149 Å². The van der Waals surface area contributed by atoms with Gasteiger partial charge in [0.25, 0.3) is 5.56 Å². The molecule has 0 saturated heterocycles. The maximum atomic E-state index is 12.1. The van der Waals surface area contributed by atoms with Crippen LogP contribution in [0, 0.1) is 0 Å². The number of nitrogens with zero attached hydrogens (tertiary/aromatic N) is 4. The van der Waals surface area contributed by atoms with Crippen LogP contribution in [0.25, 0.3) is 11.3 Å². The normalized spacial score (nSPS) is 11.9. The summed E-state index contributed by atoms with van der Waals surface area (Å²) in [6, 6.07) is 12.6. The van der Waals surface area contributed by atoms with Crippen LogP contribution in [0.2, 0.25) is 0 Å². The highest BCUT2D eigenvalue weighted by Crippen LogP contribution is 2.14. The second-order valence-corrected chi connectivity index (χ2v) is 5.88. The highest BCUT2D eigenvalue weighted by molar-refractivity contribution is 5.89. The Morgan fingerprint density at radius 1 is 1.23 bits per heavy atom. The molecule has 0 fully saturated rings. The molecule has 2 heterocycles.